The van der Waals surface area contributed by atoms with Crippen molar-refractivity contribution >= 4 is 39.3 Å². The van der Waals surface area contributed by atoms with Gasteiger partial charge >= 0.3 is 0 Å². The zero-order chi connectivity index (χ0) is 19.5. The average Bonchev–Trinajstić information content (AvgIpc) is 3.10. The Morgan fingerprint density at radius 1 is 1.18 bits per heavy atom. The molecule has 0 saturated heterocycles. The molecule has 28 heavy (non-hydrogen) atoms. The number of H-pyrrole nitrogens is 1. The van der Waals surface area contributed by atoms with Crippen LogP contribution in [-0.2, 0) is 17.8 Å². The van der Waals surface area contributed by atoms with E-state index in [2.05, 4.69) is 20.6 Å². The Labute approximate surface area is 165 Å². The highest BCUT2D eigenvalue weighted by atomic mass is 35.5. The summed E-state index contributed by atoms with van der Waals surface area (Å²) in [7, 11) is 0. The summed E-state index contributed by atoms with van der Waals surface area (Å²) in [6, 6.07) is 12.7. The Kier molecular flexibility index (Phi) is 5.08. The van der Waals surface area contributed by atoms with Crippen LogP contribution >= 0.6 is 11.6 Å². The molecule has 2 heterocycles. The van der Waals surface area contributed by atoms with Crippen molar-refractivity contribution in [3.8, 4) is 0 Å². The third-order valence-electron chi connectivity index (χ3n) is 4.63. The molecule has 7 nitrogen and oxygen atoms in total. The van der Waals surface area contributed by atoms with Gasteiger partial charge < -0.3 is 10.3 Å². The van der Waals surface area contributed by atoms with Gasteiger partial charge in [-0.3, -0.25) is 9.59 Å². The summed E-state index contributed by atoms with van der Waals surface area (Å²) in [5.74, 6) is -0.139. The monoisotopic (exact) mass is 395 g/mol. The van der Waals surface area contributed by atoms with E-state index in [1.54, 1.807) is 24.3 Å². The van der Waals surface area contributed by atoms with Gasteiger partial charge in [0.05, 0.1) is 11.9 Å². The van der Waals surface area contributed by atoms with Crippen molar-refractivity contribution in [2.24, 2.45) is 0 Å². The van der Waals surface area contributed by atoms with Gasteiger partial charge in [-0.25, -0.2) is 4.68 Å². The molecule has 0 bridgehead atoms. The Morgan fingerprint density at radius 3 is 2.93 bits per heavy atom. The summed E-state index contributed by atoms with van der Waals surface area (Å²) in [5, 5.41) is 13.0. The second-order valence-corrected chi connectivity index (χ2v) is 6.93. The fourth-order valence-electron chi connectivity index (χ4n) is 3.16. The molecule has 0 saturated carbocycles. The van der Waals surface area contributed by atoms with E-state index in [1.807, 2.05) is 24.4 Å². The number of nitrogens with zero attached hydrogens (tertiary/aromatic N) is 3. The van der Waals surface area contributed by atoms with Gasteiger partial charge in [0.2, 0.25) is 5.91 Å². The highest BCUT2D eigenvalue weighted by Gasteiger charge is 2.09. The van der Waals surface area contributed by atoms with Crippen LogP contribution in [0.3, 0.4) is 0 Å². The number of amides is 1. The largest absolute Gasteiger partial charge is 0.361 e. The van der Waals surface area contributed by atoms with Crippen molar-refractivity contribution in [3.63, 3.8) is 0 Å². The van der Waals surface area contributed by atoms with Crippen molar-refractivity contribution in [2.75, 3.05) is 6.54 Å². The minimum atomic E-state index is -0.242. The van der Waals surface area contributed by atoms with E-state index in [0.29, 0.717) is 28.9 Å². The highest BCUT2D eigenvalue weighted by Crippen LogP contribution is 2.22. The number of carbonyl (C=O) groups excluding carboxylic acids is 1. The predicted octanol–water partition coefficient (Wildman–Crippen LogP) is 2.68. The fraction of sp³-hybridized carbons (Fsp3) is 0.200. The summed E-state index contributed by atoms with van der Waals surface area (Å²) >= 11 is 6.06. The predicted molar refractivity (Wildman–Crippen MR) is 108 cm³/mol. The lowest BCUT2D eigenvalue weighted by Gasteiger charge is -2.06. The van der Waals surface area contributed by atoms with Crippen LogP contribution in [0.1, 0.15) is 12.0 Å². The number of benzene rings is 2. The molecule has 0 aliphatic heterocycles. The van der Waals surface area contributed by atoms with Gasteiger partial charge in [-0.1, -0.05) is 28.9 Å². The van der Waals surface area contributed by atoms with E-state index in [4.69, 9.17) is 11.6 Å². The Hall–Kier alpha value is -3.19. The first-order chi connectivity index (χ1) is 13.6. The molecule has 2 N–H and O–H groups in total. The average molecular weight is 396 g/mol. The lowest BCUT2D eigenvalue weighted by Crippen LogP contribution is -2.30. The van der Waals surface area contributed by atoms with E-state index in [9.17, 15) is 9.59 Å². The smallest absolute Gasteiger partial charge is 0.277 e. The molecule has 4 aromatic rings. The molecule has 0 aliphatic carbocycles. The first-order valence-electron chi connectivity index (χ1n) is 8.96. The molecule has 142 valence electrons. The second kappa shape index (κ2) is 7.82. The van der Waals surface area contributed by atoms with Gasteiger partial charge in [0.25, 0.3) is 5.56 Å². The van der Waals surface area contributed by atoms with Gasteiger partial charge in [0.15, 0.2) is 0 Å². The van der Waals surface area contributed by atoms with Crippen LogP contribution in [0.5, 0.6) is 0 Å². The van der Waals surface area contributed by atoms with Gasteiger partial charge in [-0.2, -0.15) is 0 Å². The van der Waals surface area contributed by atoms with E-state index in [1.165, 1.54) is 4.68 Å². The van der Waals surface area contributed by atoms with E-state index >= 15 is 0 Å². The van der Waals surface area contributed by atoms with Crippen molar-refractivity contribution in [3.05, 3.63) is 69.6 Å². The van der Waals surface area contributed by atoms with Crippen LogP contribution in [0.15, 0.2) is 53.5 Å². The normalized spacial score (nSPS) is 11.2. The summed E-state index contributed by atoms with van der Waals surface area (Å²) < 4.78 is 1.23. The summed E-state index contributed by atoms with van der Waals surface area (Å²) in [5.41, 5.74) is 2.41. The highest BCUT2D eigenvalue weighted by molar-refractivity contribution is 6.31. The lowest BCUT2D eigenvalue weighted by atomic mass is 10.1. The first kappa shape index (κ1) is 18.2. The van der Waals surface area contributed by atoms with Crippen LogP contribution in [0.25, 0.3) is 21.8 Å². The maximum absolute atomic E-state index is 12.4. The second-order valence-electron chi connectivity index (χ2n) is 6.49. The summed E-state index contributed by atoms with van der Waals surface area (Å²) in [4.78, 5) is 27.7. The van der Waals surface area contributed by atoms with Gasteiger partial charge in [0, 0.05) is 35.1 Å². The molecule has 0 fully saturated rings. The van der Waals surface area contributed by atoms with E-state index in [-0.39, 0.29) is 24.4 Å². The Balaban J connectivity index is 1.33. The number of hydrogen-bond donors (Lipinski definition) is 2. The Bertz CT molecular complexity index is 1210. The van der Waals surface area contributed by atoms with Crippen LogP contribution in [0.4, 0.5) is 0 Å². The summed E-state index contributed by atoms with van der Waals surface area (Å²) in [6.07, 6.45) is 2.77. The molecule has 1 amide bonds. The van der Waals surface area contributed by atoms with Gasteiger partial charge in [-0.05, 0) is 42.3 Å². The van der Waals surface area contributed by atoms with Crippen molar-refractivity contribution in [1.82, 2.24) is 25.3 Å². The zero-order valence-corrected chi connectivity index (χ0v) is 15.7. The number of aryl methyl sites for hydroxylation is 1. The van der Waals surface area contributed by atoms with E-state index < -0.39 is 0 Å². The molecular formula is C20H18ClN5O2. The molecule has 8 heteroatoms. The molecule has 0 radical (unpaired) electrons. The third kappa shape index (κ3) is 3.75. The van der Waals surface area contributed by atoms with Crippen molar-refractivity contribution in [2.45, 2.75) is 19.4 Å². The van der Waals surface area contributed by atoms with Gasteiger partial charge in [0.1, 0.15) is 5.52 Å². The number of hydrogen-bond acceptors (Lipinski definition) is 4. The third-order valence-corrected chi connectivity index (χ3v) is 4.86. The number of carbonyl (C=O) groups is 1. The van der Waals surface area contributed by atoms with Crippen LogP contribution in [0.2, 0.25) is 5.02 Å². The molecule has 0 atom stereocenters. The fourth-order valence-corrected chi connectivity index (χ4v) is 3.33. The van der Waals surface area contributed by atoms with Gasteiger partial charge in [-0.15, -0.1) is 5.10 Å². The van der Waals surface area contributed by atoms with Crippen molar-refractivity contribution in [1.29, 1.82) is 0 Å². The molecular weight excluding hydrogens is 378 g/mol. The van der Waals surface area contributed by atoms with Crippen molar-refractivity contribution < 1.29 is 4.79 Å². The molecule has 2 aromatic heterocycles. The topological polar surface area (TPSA) is 92.7 Å². The lowest BCUT2D eigenvalue weighted by molar-refractivity contribution is -0.121. The van der Waals surface area contributed by atoms with Crippen LogP contribution in [0, 0.1) is 0 Å². The molecule has 2 aromatic carbocycles. The minimum absolute atomic E-state index is 0.139. The van der Waals surface area contributed by atoms with Crippen LogP contribution in [-0.4, -0.2) is 32.4 Å². The maximum atomic E-state index is 12.4. The number of halogens is 1. The molecule has 0 unspecified atom stereocenters. The van der Waals surface area contributed by atoms with Crippen LogP contribution < -0.4 is 10.9 Å². The standard InChI is InChI=1S/C20H18ClN5O2/c21-14-5-6-17-16(11-14)13(12-23-17)7-9-22-19(27)8-10-26-20(28)15-3-1-2-4-18(15)24-25-26/h1-6,11-12,23H,7-10H2,(H,22,27). The molecule has 0 spiro atoms. The SMILES string of the molecule is O=C(CCn1nnc2ccccc2c1=O)NCCc1c[nH]c2ccc(Cl)cc12. The molecule has 4 rings (SSSR count). The maximum Gasteiger partial charge on any atom is 0.277 e. The first-order valence-corrected chi connectivity index (χ1v) is 9.34. The number of aromatic nitrogens is 4. The molecule has 0 aliphatic rings. The quantitative estimate of drug-likeness (QED) is 0.525. The zero-order valence-electron chi connectivity index (χ0n) is 15.0. The Morgan fingerprint density at radius 2 is 2.04 bits per heavy atom. The number of fused-ring (bicyclic) bond motifs is 2. The van der Waals surface area contributed by atoms with E-state index in [0.717, 1.165) is 16.5 Å². The number of aromatic amines is 1. The minimum Gasteiger partial charge on any atom is -0.361 e. The number of rotatable bonds is 6. The summed E-state index contributed by atoms with van der Waals surface area (Å²) in [6.45, 7) is 0.682. The number of nitrogens with one attached hydrogen (secondary N) is 2.